The molecule has 2 N–H and O–H groups in total. The fourth-order valence-electron chi connectivity index (χ4n) is 1.97. The summed E-state index contributed by atoms with van der Waals surface area (Å²) in [6, 6.07) is 7.80. The lowest BCUT2D eigenvalue weighted by Gasteiger charge is -2.22. The van der Waals surface area contributed by atoms with Gasteiger partial charge in [0.15, 0.2) is 0 Å². The van der Waals surface area contributed by atoms with Crippen molar-refractivity contribution in [1.29, 1.82) is 0 Å². The van der Waals surface area contributed by atoms with E-state index in [2.05, 4.69) is 26.6 Å². The summed E-state index contributed by atoms with van der Waals surface area (Å²) in [4.78, 5) is 11.8. The molecule has 1 aliphatic rings. The topological polar surface area (TPSA) is 59.6 Å². The molecule has 7 heteroatoms. The summed E-state index contributed by atoms with van der Waals surface area (Å²) >= 11 is 5.17. The van der Waals surface area contributed by atoms with Crippen LogP contribution >= 0.6 is 27.7 Å². The average molecular weight is 389 g/mol. The van der Waals surface area contributed by atoms with Crippen LogP contribution in [0.5, 0.6) is 5.75 Å². The molecule has 5 nitrogen and oxygen atoms in total. The fraction of sp³-hybridized carbons (Fsp3) is 0.533. The molecule has 122 valence electrons. The van der Waals surface area contributed by atoms with Gasteiger partial charge in [-0.3, -0.25) is 4.79 Å². The Labute approximate surface area is 143 Å². The molecule has 1 unspecified atom stereocenters. The first kappa shape index (κ1) is 17.6. The van der Waals surface area contributed by atoms with Crippen molar-refractivity contribution < 1.29 is 14.3 Å². The Kier molecular flexibility index (Phi) is 8.07. The third-order valence-electron chi connectivity index (χ3n) is 3.06. The number of amides is 1. The summed E-state index contributed by atoms with van der Waals surface area (Å²) in [5.74, 6) is 2.60. The van der Waals surface area contributed by atoms with Gasteiger partial charge in [0.05, 0.1) is 13.2 Å². The SMILES string of the molecule is O=C(NCCSCCOc1cccc(Br)c1)C1CNCCO1. The molecule has 1 aliphatic heterocycles. The molecule has 1 amide bonds. The van der Waals surface area contributed by atoms with Crippen molar-refractivity contribution in [3.8, 4) is 5.75 Å². The Hall–Kier alpha value is -0.760. The van der Waals surface area contributed by atoms with E-state index in [4.69, 9.17) is 9.47 Å². The van der Waals surface area contributed by atoms with Crippen LogP contribution in [0.1, 0.15) is 0 Å². The number of thioether (sulfide) groups is 1. The Balaban J connectivity index is 1.48. The van der Waals surface area contributed by atoms with Crippen LogP contribution < -0.4 is 15.4 Å². The molecule has 1 heterocycles. The molecule has 1 aromatic carbocycles. The van der Waals surface area contributed by atoms with E-state index < -0.39 is 0 Å². The monoisotopic (exact) mass is 388 g/mol. The van der Waals surface area contributed by atoms with Crippen LogP contribution in [0.3, 0.4) is 0 Å². The van der Waals surface area contributed by atoms with E-state index in [1.807, 2.05) is 24.3 Å². The lowest BCUT2D eigenvalue weighted by Crippen LogP contribution is -2.48. The fourth-order valence-corrected chi connectivity index (χ4v) is 3.00. The lowest BCUT2D eigenvalue weighted by molar-refractivity contribution is -0.134. The molecule has 0 saturated carbocycles. The van der Waals surface area contributed by atoms with E-state index in [1.54, 1.807) is 11.8 Å². The first-order valence-corrected chi connectivity index (χ1v) is 9.26. The summed E-state index contributed by atoms with van der Waals surface area (Å²) in [5.41, 5.74) is 0. The quantitative estimate of drug-likeness (QED) is 0.663. The second kappa shape index (κ2) is 10.1. The van der Waals surface area contributed by atoms with Gasteiger partial charge in [0.2, 0.25) is 5.91 Å². The summed E-state index contributed by atoms with van der Waals surface area (Å²) in [5, 5.41) is 6.04. The minimum atomic E-state index is -0.349. The minimum absolute atomic E-state index is 0.0295. The van der Waals surface area contributed by atoms with E-state index >= 15 is 0 Å². The molecular weight excluding hydrogens is 368 g/mol. The second-order valence-corrected chi connectivity index (χ2v) is 6.91. The van der Waals surface area contributed by atoms with Gasteiger partial charge in [-0.05, 0) is 18.2 Å². The van der Waals surface area contributed by atoms with Gasteiger partial charge in [0, 0.05) is 35.6 Å². The third-order valence-corrected chi connectivity index (χ3v) is 4.50. The van der Waals surface area contributed by atoms with Crippen molar-refractivity contribution in [2.45, 2.75) is 6.10 Å². The number of carbonyl (C=O) groups is 1. The second-order valence-electron chi connectivity index (χ2n) is 4.77. The molecule has 0 spiro atoms. The Morgan fingerprint density at radius 2 is 2.41 bits per heavy atom. The maximum atomic E-state index is 11.8. The standard InChI is InChI=1S/C15H21BrN2O3S/c16-12-2-1-3-13(10-12)20-7-9-22-8-5-18-15(19)14-11-17-4-6-21-14/h1-3,10,14,17H,4-9,11H2,(H,18,19). The van der Waals surface area contributed by atoms with Gasteiger partial charge < -0.3 is 20.1 Å². The molecule has 0 bridgehead atoms. The first-order valence-electron chi connectivity index (χ1n) is 7.32. The van der Waals surface area contributed by atoms with Crippen LogP contribution in [0.25, 0.3) is 0 Å². The van der Waals surface area contributed by atoms with Gasteiger partial charge in [-0.2, -0.15) is 11.8 Å². The van der Waals surface area contributed by atoms with E-state index in [0.717, 1.165) is 28.3 Å². The number of hydrogen-bond acceptors (Lipinski definition) is 5. The number of ether oxygens (including phenoxy) is 2. The number of morpholine rings is 1. The van der Waals surface area contributed by atoms with Crippen LogP contribution in [0, 0.1) is 0 Å². The zero-order valence-electron chi connectivity index (χ0n) is 12.3. The molecule has 2 rings (SSSR count). The number of hydrogen-bond donors (Lipinski definition) is 2. The maximum Gasteiger partial charge on any atom is 0.250 e. The van der Waals surface area contributed by atoms with Crippen molar-refractivity contribution in [3.63, 3.8) is 0 Å². The molecule has 0 radical (unpaired) electrons. The van der Waals surface area contributed by atoms with Gasteiger partial charge in [0.1, 0.15) is 11.9 Å². The van der Waals surface area contributed by atoms with Gasteiger partial charge in [-0.15, -0.1) is 0 Å². The zero-order chi connectivity index (χ0) is 15.6. The third kappa shape index (κ3) is 6.56. The van der Waals surface area contributed by atoms with Crippen molar-refractivity contribution in [3.05, 3.63) is 28.7 Å². The van der Waals surface area contributed by atoms with E-state index in [1.165, 1.54) is 0 Å². The summed E-state index contributed by atoms with van der Waals surface area (Å²) in [7, 11) is 0. The Bertz CT molecular complexity index is 470. The van der Waals surface area contributed by atoms with Crippen molar-refractivity contribution in [2.24, 2.45) is 0 Å². The average Bonchev–Trinajstić information content (AvgIpc) is 2.54. The van der Waals surface area contributed by atoms with Crippen LogP contribution in [0.15, 0.2) is 28.7 Å². The highest BCUT2D eigenvalue weighted by Gasteiger charge is 2.20. The van der Waals surface area contributed by atoms with E-state index in [9.17, 15) is 4.79 Å². The van der Waals surface area contributed by atoms with Gasteiger partial charge in [0.25, 0.3) is 0 Å². The largest absolute Gasteiger partial charge is 0.493 e. The Morgan fingerprint density at radius 3 is 3.18 bits per heavy atom. The molecule has 1 fully saturated rings. The molecule has 0 aromatic heterocycles. The molecule has 1 aromatic rings. The van der Waals surface area contributed by atoms with Crippen molar-refractivity contribution in [2.75, 3.05) is 44.4 Å². The van der Waals surface area contributed by atoms with E-state index in [-0.39, 0.29) is 12.0 Å². The number of carbonyl (C=O) groups excluding carboxylic acids is 1. The minimum Gasteiger partial charge on any atom is -0.493 e. The van der Waals surface area contributed by atoms with Crippen LogP contribution in [-0.2, 0) is 9.53 Å². The number of halogens is 1. The number of nitrogens with one attached hydrogen (secondary N) is 2. The molecular formula is C15H21BrN2O3S. The lowest BCUT2D eigenvalue weighted by atomic mass is 10.3. The maximum absolute atomic E-state index is 11.8. The highest BCUT2D eigenvalue weighted by atomic mass is 79.9. The molecule has 1 saturated heterocycles. The highest BCUT2D eigenvalue weighted by Crippen LogP contribution is 2.17. The van der Waals surface area contributed by atoms with Gasteiger partial charge >= 0.3 is 0 Å². The zero-order valence-corrected chi connectivity index (χ0v) is 14.7. The number of rotatable bonds is 8. The summed E-state index contributed by atoms with van der Waals surface area (Å²) in [6.07, 6.45) is -0.349. The molecule has 0 aliphatic carbocycles. The van der Waals surface area contributed by atoms with Crippen molar-refractivity contribution in [1.82, 2.24) is 10.6 Å². The molecule has 22 heavy (non-hydrogen) atoms. The summed E-state index contributed by atoms with van der Waals surface area (Å²) < 4.78 is 12.0. The molecule has 1 atom stereocenters. The first-order chi connectivity index (χ1) is 10.8. The van der Waals surface area contributed by atoms with Gasteiger partial charge in [-0.1, -0.05) is 22.0 Å². The smallest absolute Gasteiger partial charge is 0.250 e. The van der Waals surface area contributed by atoms with Crippen LogP contribution in [0.4, 0.5) is 0 Å². The Morgan fingerprint density at radius 1 is 1.50 bits per heavy atom. The van der Waals surface area contributed by atoms with Crippen LogP contribution in [-0.4, -0.2) is 56.4 Å². The number of benzene rings is 1. The van der Waals surface area contributed by atoms with Crippen LogP contribution in [0.2, 0.25) is 0 Å². The normalized spacial score (nSPS) is 18.0. The van der Waals surface area contributed by atoms with Crippen molar-refractivity contribution >= 4 is 33.6 Å². The predicted molar refractivity (Wildman–Crippen MR) is 92.6 cm³/mol. The van der Waals surface area contributed by atoms with Gasteiger partial charge in [-0.25, -0.2) is 0 Å². The predicted octanol–water partition coefficient (Wildman–Crippen LogP) is 1.67. The van der Waals surface area contributed by atoms with E-state index in [0.29, 0.717) is 26.3 Å². The highest BCUT2D eigenvalue weighted by molar-refractivity contribution is 9.10. The summed E-state index contributed by atoms with van der Waals surface area (Å²) in [6.45, 7) is 3.32.